The van der Waals surface area contributed by atoms with E-state index in [0.29, 0.717) is 11.9 Å². The van der Waals surface area contributed by atoms with Gasteiger partial charge in [-0.3, -0.25) is 14.6 Å². The van der Waals surface area contributed by atoms with E-state index in [2.05, 4.69) is 21.4 Å². The van der Waals surface area contributed by atoms with Crippen LogP contribution >= 0.6 is 22.7 Å². The number of hydrogen-bond donors (Lipinski definition) is 1. The summed E-state index contributed by atoms with van der Waals surface area (Å²) in [6, 6.07) is 4.05. The summed E-state index contributed by atoms with van der Waals surface area (Å²) in [5, 5.41) is 4.78. The number of nitrogens with one attached hydrogen (secondary N) is 1. The monoisotopic (exact) mass is 372 g/mol. The van der Waals surface area contributed by atoms with Crippen LogP contribution in [0.4, 0.5) is 0 Å². The molecule has 130 valence electrons. The molecular formula is C18H20N4OS2. The van der Waals surface area contributed by atoms with Crippen molar-refractivity contribution in [2.45, 2.75) is 6.54 Å². The summed E-state index contributed by atoms with van der Waals surface area (Å²) >= 11 is 3.19. The molecule has 0 spiro atoms. The van der Waals surface area contributed by atoms with Gasteiger partial charge in [0.1, 0.15) is 10.7 Å². The molecule has 0 aliphatic carbocycles. The molecule has 1 fully saturated rings. The number of rotatable bonds is 5. The third-order valence-corrected chi connectivity index (χ3v) is 6.28. The second-order valence-electron chi connectivity index (χ2n) is 6.18. The van der Waals surface area contributed by atoms with Gasteiger partial charge in [-0.25, -0.2) is 4.98 Å². The Kier molecular flexibility index (Phi) is 4.80. The van der Waals surface area contributed by atoms with Gasteiger partial charge in [0.05, 0.1) is 11.9 Å². The molecule has 0 radical (unpaired) electrons. The van der Waals surface area contributed by atoms with Crippen molar-refractivity contribution in [1.29, 1.82) is 0 Å². The highest BCUT2D eigenvalue weighted by molar-refractivity contribution is 7.18. The molecule has 3 aromatic heterocycles. The maximum absolute atomic E-state index is 12.6. The van der Waals surface area contributed by atoms with Gasteiger partial charge in [0.25, 0.3) is 5.56 Å². The molecule has 4 rings (SSSR count). The second kappa shape index (κ2) is 7.21. The van der Waals surface area contributed by atoms with E-state index in [-0.39, 0.29) is 5.56 Å². The summed E-state index contributed by atoms with van der Waals surface area (Å²) in [6.07, 6.45) is 1.95. The number of nitrogens with zero attached hydrogens (tertiary/aromatic N) is 3. The normalized spacial score (nSPS) is 16.5. The van der Waals surface area contributed by atoms with Gasteiger partial charge in [-0.15, -0.1) is 29.3 Å². The van der Waals surface area contributed by atoms with Crippen molar-refractivity contribution in [3.8, 4) is 10.4 Å². The first-order chi connectivity index (χ1) is 12.2. The molecule has 0 saturated carbocycles. The van der Waals surface area contributed by atoms with Crippen molar-refractivity contribution in [1.82, 2.24) is 19.8 Å². The van der Waals surface area contributed by atoms with E-state index in [9.17, 15) is 4.79 Å². The topological polar surface area (TPSA) is 52.2 Å². The summed E-state index contributed by atoms with van der Waals surface area (Å²) in [6.45, 7) is 9.46. The van der Waals surface area contributed by atoms with Gasteiger partial charge in [0.15, 0.2) is 0 Å². The maximum Gasteiger partial charge on any atom is 0.260 e. The fourth-order valence-electron chi connectivity index (χ4n) is 3.21. The van der Waals surface area contributed by atoms with Crippen LogP contribution in [0.15, 0.2) is 40.3 Å². The number of hydrogen-bond acceptors (Lipinski definition) is 6. The number of fused-ring (bicyclic) bond motifs is 1. The zero-order valence-corrected chi connectivity index (χ0v) is 15.5. The van der Waals surface area contributed by atoms with Gasteiger partial charge in [-0.2, -0.15) is 0 Å². The molecule has 0 amide bonds. The molecule has 0 unspecified atom stereocenters. The Morgan fingerprint density at radius 3 is 2.76 bits per heavy atom. The van der Waals surface area contributed by atoms with Crippen LogP contribution in [-0.2, 0) is 6.54 Å². The Labute approximate surface area is 154 Å². The molecule has 3 aromatic rings. The molecule has 1 aliphatic rings. The first-order valence-corrected chi connectivity index (χ1v) is 10.1. The summed E-state index contributed by atoms with van der Waals surface area (Å²) in [5.41, 5.74) is 0.961. The van der Waals surface area contributed by atoms with Crippen molar-refractivity contribution >= 4 is 32.9 Å². The highest BCUT2D eigenvalue weighted by Crippen LogP contribution is 2.33. The van der Waals surface area contributed by atoms with Crippen molar-refractivity contribution in [2.75, 3.05) is 32.7 Å². The molecule has 0 aromatic carbocycles. The SMILES string of the molecule is C=CCN1CCN(Cc2nc3scc(-c4cccs4)c3c(=O)[nH]2)CC1. The number of thiophene rings is 2. The Morgan fingerprint density at radius 2 is 2.04 bits per heavy atom. The molecule has 0 atom stereocenters. The molecule has 1 aliphatic heterocycles. The lowest BCUT2D eigenvalue weighted by molar-refractivity contribution is 0.134. The van der Waals surface area contributed by atoms with Crippen LogP contribution in [0.2, 0.25) is 0 Å². The number of aromatic amines is 1. The maximum atomic E-state index is 12.6. The smallest absolute Gasteiger partial charge is 0.260 e. The zero-order valence-electron chi connectivity index (χ0n) is 13.9. The Balaban J connectivity index is 1.54. The number of H-pyrrole nitrogens is 1. The van der Waals surface area contributed by atoms with E-state index in [0.717, 1.165) is 53.8 Å². The average Bonchev–Trinajstić information content (AvgIpc) is 3.26. The van der Waals surface area contributed by atoms with Crippen molar-refractivity contribution in [3.63, 3.8) is 0 Å². The molecule has 4 heterocycles. The summed E-state index contributed by atoms with van der Waals surface area (Å²) < 4.78 is 0. The van der Waals surface area contributed by atoms with Crippen LogP contribution in [0.5, 0.6) is 0 Å². The minimum Gasteiger partial charge on any atom is -0.309 e. The van der Waals surface area contributed by atoms with E-state index < -0.39 is 0 Å². The van der Waals surface area contributed by atoms with E-state index >= 15 is 0 Å². The van der Waals surface area contributed by atoms with Crippen LogP contribution in [0.1, 0.15) is 5.82 Å². The van der Waals surface area contributed by atoms with Crippen LogP contribution in [0.3, 0.4) is 0 Å². The van der Waals surface area contributed by atoms with Crippen LogP contribution in [0.25, 0.3) is 20.7 Å². The van der Waals surface area contributed by atoms with Crippen LogP contribution < -0.4 is 5.56 Å². The Hall–Kier alpha value is -1.80. The van der Waals surface area contributed by atoms with Crippen LogP contribution in [-0.4, -0.2) is 52.5 Å². The summed E-state index contributed by atoms with van der Waals surface area (Å²) in [7, 11) is 0. The number of aromatic nitrogens is 2. The largest absolute Gasteiger partial charge is 0.309 e. The Morgan fingerprint density at radius 1 is 1.24 bits per heavy atom. The van der Waals surface area contributed by atoms with Gasteiger partial charge in [-0.05, 0) is 11.4 Å². The van der Waals surface area contributed by atoms with Gasteiger partial charge in [0, 0.05) is 48.5 Å². The minimum atomic E-state index is -0.0325. The molecule has 25 heavy (non-hydrogen) atoms. The molecular weight excluding hydrogens is 352 g/mol. The first kappa shape index (κ1) is 16.7. The standard InChI is InChI=1S/C18H20N4OS2/c1-2-5-21-6-8-22(9-7-21)11-15-19-17(23)16-13(12-25-18(16)20-15)14-4-3-10-24-14/h2-4,10,12H,1,5-9,11H2,(H,19,20,23). The van der Waals surface area contributed by atoms with Gasteiger partial charge < -0.3 is 4.98 Å². The first-order valence-electron chi connectivity index (χ1n) is 8.34. The van der Waals surface area contributed by atoms with Crippen molar-refractivity contribution < 1.29 is 0 Å². The highest BCUT2D eigenvalue weighted by atomic mass is 32.1. The van der Waals surface area contributed by atoms with Crippen molar-refractivity contribution in [2.24, 2.45) is 0 Å². The molecule has 1 N–H and O–H groups in total. The van der Waals surface area contributed by atoms with Crippen molar-refractivity contribution in [3.05, 3.63) is 51.7 Å². The quantitative estimate of drug-likeness (QED) is 0.700. The van der Waals surface area contributed by atoms with E-state index in [1.165, 1.54) is 0 Å². The molecule has 0 bridgehead atoms. The van der Waals surface area contributed by atoms with Gasteiger partial charge in [0.2, 0.25) is 0 Å². The second-order valence-corrected chi connectivity index (χ2v) is 7.99. The van der Waals surface area contributed by atoms with E-state index in [1.807, 2.05) is 29.0 Å². The molecule has 1 saturated heterocycles. The summed E-state index contributed by atoms with van der Waals surface area (Å²) in [4.78, 5) is 27.0. The van der Waals surface area contributed by atoms with E-state index in [1.54, 1.807) is 22.7 Å². The lowest BCUT2D eigenvalue weighted by Crippen LogP contribution is -2.46. The highest BCUT2D eigenvalue weighted by Gasteiger charge is 2.18. The fourth-order valence-corrected chi connectivity index (χ4v) is 4.99. The predicted octanol–water partition coefficient (Wildman–Crippen LogP) is 3.02. The number of piperazine rings is 1. The minimum absolute atomic E-state index is 0.0325. The Bertz CT molecular complexity index is 920. The van der Waals surface area contributed by atoms with Gasteiger partial charge >= 0.3 is 0 Å². The zero-order chi connectivity index (χ0) is 17.2. The molecule has 5 nitrogen and oxygen atoms in total. The third-order valence-electron chi connectivity index (χ3n) is 4.51. The average molecular weight is 373 g/mol. The lowest BCUT2D eigenvalue weighted by Gasteiger charge is -2.33. The lowest BCUT2D eigenvalue weighted by atomic mass is 10.2. The van der Waals surface area contributed by atoms with Gasteiger partial charge in [-0.1, -0.05) is 12.1 Å². The third kappa shape index (κ3) is 3.46. The predicted molar refractivity (Wildman–Crippen MR) is 105 cm³/mol. The van der Waals surface area contributed by atoms with E-state index in [4.69, 9.17) is 4.98 Å². The molecule has 7 heteroatoms. The fraction of sp³-hybridized carbons (Fsp3) is 0.333. The summed E-state index contributed by atoms with van der Waals surface area (Å²) in [5.74, 6) is 0.759. The van der Waals surface area contributed by atoms with Crippen LogP contribution in [0, 0.1) is 0 Å².